The number of carbonyl (C=O) groups excluding carboxylic acids is 1. The number of ether oxygens (including phenoxy) is 1. The van der Waals surface area contributed by atoms with Crippen LogP contribution in [0.15, 0.2) is 36.4 Å². The lowest BCUT2D eigenvalue weighted by atomic mass is 9.93. The molecule has 0 radical (unpaired) electrons. The molecule has 3 heterocycles. The Labute approximate surface area is 206 Å². The van der Waals surface area contributed by atoms with E-state index in [1.165, 1.54) is 0 Å². The molecule has 0 amide bonds. The smallest absolute Gasteiger partial charge is 0.215 e. The fourth-order valence-electron chi connectivity index (χ4n) is 4.26. The summed E-state index contributed by atoms with van der Waals surface area (Å²) in [7, 11) is 0. The molecule has 0 aliphatic carbocycles. The maximum Gasteiger partial charge on any atom is 0.215 e. The first-order valence-corrected chi connectivity index (χ1v) is 12.0. The molecule has 33 heavy (non-hydrogen) atoms. The highest BCUT2D eigenvalue weighted by molar-refractivity contribution is 6.30. The van der Waals surface area contributed by atoms with Gasteiger partial charge in [0.25, 0.3) is 0 Å². The second-order valence-corrected chi connectivity index (χ2v) is 8.99. The van der Waals surface area contributed by atoms with Crippen molar-refractivity contribution in [3.63, 3.8) is 0 Å². The van der Waals surface area contributed by atoms with Gasteiger partial charge in [0, 0.05) is 17.5 Å². The quantitative estimate of drug-likeness (QED) is 0.389. The second kappa shape index (κ2) is 11.8. The molecule has 0 saturated carbocycles. The van der Waals surface area contributed by atoms with Crippen LogP contribution >= 0.6 is 24.0 Å². The topological polar surface area (TPSA) is 69.0 Å². The van der Waals surface area contributed by atoms with Crippen molar-refractivity contribution in [3.05, 3.63) is 52.7 Å². The second-order valence-electron chi connectivity index (χ2n) is 8.55. The van der Waals surface area contributed by atoms with Gasteiger partial charge in [-0.05, 0) is 68.5 Å². The molecule has 1 fully saturated rings. The number of ketones is 1. The Morgan fingerprint density at radius 1 is 1.21 bits per heavy atom. The zero-order valence-electron chi connectivity index (χ0n) is 19.2. The summed E-state index contributed by atoms with van der Waals surface area (Å²) < 4.78 is 7.88. The normalized spacial score (nSPS) is 16.1. The highest BCUT2D eigenvalue weighted by Crippen LogP contribution is 2.26. The Morgan fingerprint density at radius 2 is 1.97 bits per heavy atom. The third kappa shape index (κ3) is 6.25. The number of fused-ring (bicyclic) bond motifs is 1. The van der Waals surface area contributed by atoms with E-state index in [4.69, 9.17) is 26.4 Å². The molecular weight excluding hydrogens is 459 g/mol. The number of piperidine rings is 1. The van der Waals surface area contributed by atoms with Crippen molar-refractivity contribution < 1.29 is 9.53 Å². The number of hydrogen-bond acceptors (Lipinski definition) is 5. The van der Waals surface area contributed by atoms with Gasteiger partial charge in [0.1, 0.15) is 5.69 Å². The molecule has 0 spiro atoms. The van der Waals surface area contributed by atoms with Gasteiger partial charge in [0.05, 0.1) is 18.0 Å². The van der Waals surface area contributed by atoms with E-state index >= 15 is 0 Å². The Balaban J connectivity index is 0.00000306. The molecule has 1 aliphatic rings. The number of pyridine rings is 1. The van der Waals surface area contributed by atoms with Crippen LogP contribution in [0.1, 0.15) is 62.0 Å². The van der Waals surface area contributed by atoms with Crippen LogP contribution in [0.5, 0.6) is 5.88 Å². The minimum absolute atomic E-state index is 0. The minimum atomic E-state index is 0. The molecule has 1 saturated heterocycles. The first-order chi connectivity index (χ1) is 15.6. The van der Waals surface area contributed by atoms with E-state index in [9.17, 15) is 4.79 Å². The molecule has 178 valence electrons. The fraction of sp³-hybridized carbons (Fsp3) is 0.480. The first-order valence-electron chi connectivity index (χ1n) is 11.6. The average Bonchev–Trinajstić information content (AvgIpc) is 3.17. The predicted octanol–water partition coefficient (Wildman–Crippen LogP) is 5.69. The fourth-order valence-corrected chi connectivity index (χ4v) is 4.39. The van der Waals surface area contributed by atoms with E-state index in [1.54, 1.807) is 0 Å². The van der Waals surface area contributed by atoms with E-state index in [-0.39, 0.29) is 24.3 Å². The SMILES string of the molecule is CCC(CC)Oc1ccc2c(C(=O)CC3CCCNC3)nn(Cc3ccc(Cl)cc3)c2n1.Cl. The lowest BCUT2D eigenvalue weighted by molar-refractivity contribution is 0.0949. The van der Waals surface area contributed by atoms with Gasteiger partial charge in [0.2, 0.25) is 5.88 Å². The number of carbonyl (C=O) groups is 1. The molecule has 1 N–H and O–H groups in total. The van der Waals surface area contributed by atoms with E-state index in [0.717, 1.165) is 49.7 Å². The number of benzene rings is 1. The van der Waals surface area contributed by atoms with Crippen LogP contribution in [-0.2, 0) is 6.54 Å². The summed E-state index contributed by atoms with van der Waals surface area (Å²) in [6.07, 6.45) is 4.65. The van der Waals surface area contributed by atoms with Crippen LogP contribution in [0.3, 0.4) is 0 Å². The number of hydrogen-bond donors (Lipinski definition) is 1. The van der Waals surface area contributed by atoms with E-state index in [2.05, 4.69) is 19.2 Å². The maximum atomic E-state index is 13.2. The minimum Gasteiger partial charge on any atom is -0.474 e. The van der Waals surface area contributed by atoms with Crippen molar-refractivity contribution in [2.45, 2.75) is 58.6 Å². The average molecular weight is 491 g/mol. The summed E-state index contributed by atoms with van der Waals surface area (Å²) in [5.41, 5.74) is 2.22. The monoisotopic (exact) mass is 490 g/mol. The van der Waals surface area contributed by atoms with Gasteiger partial charge in [0.15, 0.2) is 11.4 Å². The molecule has 0 bridgehead atoms. The molecule has 2 aromatic heterocycles. The molecule has 3 aromatic rings. The molecule has 1 aliphatic heterocycles. The largest absolute Gasteiger partial charge is 0.474 e. The summed E-state index contributed by atoms with van der Waals surface area (Å²) >= 11 is 6.04. The predicted molar refractivity (Wildman–Crippen MR) is 135 cm³/mol. The summed E-state index contributed by atoms with van der Waals surface area (Å²) in [5, 5.41) is 9.59. The Bertz CT molecular complexity index is 1060. The van der Waals surface area contributed by atoms with E-state index < -0.39 is 0 Å². The number of nitrogens with one attached hydrogen (secondary N) is 1. The van der Waals surface area contributed by atoms with Gasteiger partial charge < -0.3 is 10.1 Å². The third-order valence-corrected chi connectivity index (χ3v) is 6.40. The van der Waals surface area contributed by atoms with Crippen LogP contribution in [0.25, 0.3) is 11.0 Å². The molecule has 1 unspecified atom stereocenters. The van der Waals surface area contributed by atoms with Gasteiger partial charge in [-0.2, -0.15) is 10.1 Å². The molecule has 1 atom stereocenters. The number of rotatable bonds is 9. The standard InChI is InChI=1S/C25H31ClN4O2.ClH/c1-3-20(4-2)32-23-12-11-21-24(22(31)14-18-6-5-13-27-15-18)29-30(25(21)28-23)16-17-7-9-19(26)10-8-17;/h7-12,18,20,27H,3-6,13-16H2,1-2H3;1H. The summed E-state index contributed by atoms with van der Waals surface area (Å²) in [6.45, 7) is 6.64. The Morgan fingerprint density at radius 3 is 2.64 bits per heavy atom. The van der Waals surface area contributed by atoms with Gasteiger partial charge >= 0.3 is 0 Å². The van der Waals surface area contributed by atoms with Crippen molar-refractivity contribution in [1.82, 2.24) is 20.1 Å². The van der Waals surface area contributed by atoms with Crippen LogP contribution in [0.4, 0.5) is 0 Å². The zero-order chi connectivity index (χ0) is 22.5. The van der Waals surface area contributed by atoms with Crippen LogP contribution in [0, 0.1) is 5.92 Å². The van der Waals surface area contributed by atoms with Crippen molar-refractivity contribution in [3.8, 4) is 5.88 Å². The van der Waals surface area contributed by atoms with E-state index in [0.29, 0.717) is 41.1 Å². The number of nitrogens with zero attached hydrogens (tertiary/aromatic N) is 3. The molecule has 1 aromatic carbocycles. The molecule has 8 heteroatoms. The lowest BCUT2D eigenvalue weighted by Gasteiger charge is -2.21. The zero-order valence-corrected chi connectivity index (χ0v) is 20.8. The summed E-state index contributed by atoms with van der Waals surface area (Å²) in [5.74, 6) is 1.01. The third-order valence-electron chi connectivity index (χ3n) is 6.15. The number of aromatic nitrogens is 3. The van der Waals surface area contributed by atoms with Gasteiger partial charge in [-0.25, -0.2) is 4.68 Å². The van der Waals surface area contributed by atoms with Crippen molar-refractivity contribution in [1.29, 1.82) is 0 Å². The van der Waals surface area contributed by atoms with Crippen LogP contribution < -0.4 is 10.1 Å². The number of halogens is 2. The Hall–Kier alpha value is -2.15. The van der Waals surface area contributed by atoms with Crippen molar-refractivity contribution in [2.75, 3.05) is 13.1 Å². The summed E-state index contributed by atoms with van der Waals surface area (Å²) in [4.78, 5) is 18.0. The number of Topliss-reactive ketones (excluding diaryl/α,β-unsaturated/α-hetero) is 1. The Kier molecular flexibility index (Phi) is 9.12. The highest BCUT2D eigenvalue weighted by atomic mass is 35.5. The molecular formula is C25H32Cl2N4O2. The molecule has 4 rings (SSSR count). The van der Waals surface area contributed by atoms with Crippen molar-refractivity contribution >= 4 is 40.8 Å². The van der Waals surface area contributed by atoms with Crippen LogP contribution in [-0.4, -0.2) is 39.7 Å². The van der Waals surface area contributed by atoms with E-state index in [1.807, 2.05) is 41.1 Å². The van der Waals surface area contributed by atoms with Crippen molar-refractivity contribution in [2.24, 2.45) is 5.92 Å². The van der Waals surface area contributed by atoms with Gasteiger partial charge in [-0.1, -0.05) is 37.6 Å². The summed E-state index contributed by atoms with van der Waals surface area (Å²) in [6, 6.07) is 11.4. The van der Waals surface area contributed by atoms with Crippen LogP contribution in [0.2, 0.25) is 5.02 Å². The highest BCUT2D eigenvalue weighted by Gasteiger charge is 2.23. The first kappa shape index (κ1) is 25.5. The molecule has 6 nitrogen and oxygen atoms in total. The van der Waals surface area contributed by atoms with Gasteiger partial charge in [-0.15, -0.1) is 12.4 Å². The maximum absolute atomic E-state index is 13.2. The van der Waals surface area contributed by atoms with Gasteiger partial charge in [-0.3, -0.25) is 4.79 Å². The lowest BCUT2D eigenvalue weighted by Crippen LogP contribution is -2.31.